The lowest BCUT2D eigenvalue weighted by molar-refractivity contribution is -0.139. The van der Waals surface area contributed by atoms with Crippen LogP contribution in [-0.4, -0.2) is 62.2 Å². The highest BCUT2D eigenvalue weighted by molar-refractivity contribution is 8.15. The minimum Gasteiger partial charge on any atom is -0.493 e. The van der Waals surface area contributed by atoms with Gasteiger partial charge in [0.1, 0.15) is 5.25 Å². The predicted molar refractivity (Wildman–Crippen MR) is 140 cm³/mol. The molecule has 1 saturated heterocycles. The third kappa shape index (κ3) is 5.14. The zero-order chi connectivity index (χ0) is 26.7. The first-order valence-corrected chi connectivity index (χ1v) is 12.0. The van der Waals surface area contributed by atoms with E-state index in [-0.39, 0.29) is 16.4 Å². The van der Waals surface area contributed by atoms with E-state index in [1.54, 1.807) is 49.0 Å². The summed E-state index contributed by atoms with van der Waals surface area (Å²) in [5, 5.41) is 13.8. The van der Waals surface area contributed by atoms with Gasteiger partial charge in [0.05, 0.1) is 38.2 Å². The summed E-state index contributed by atoms with van der Waals surface area (Å²) in [6.07, 6.45) is 1.02. The topological polar surface area (TPSA) is 128 Å². The first-order chi connectivity index (χ1) is 17.7. The summed E-state index contributed by atoms with van der Waals surface area (Å²) in [6, 6.07) is 14.2. The van der Waals surface area contributed by atoms with Crippen LogP contribution in [0.15, 0.2) is 63.4 Å². The molecule has 4 rings (SSSR count). The average Bonchev–Trinajstić information content (AvgIpc) is 3.29. The Morgan fingerprint density at radius 2 is 1.81 bits per heavy atom. The normalized spacial score (nSPS) is 16.6. The van der Waals surface area contributed by atoms with Gasteiger partial charge in [-0.2, -0.15) is 10.1 Å². The number of rotatable bonds is 8. The van der Waals surface area contributed by atoms with Gasteiger partial charge in [0.15, 0.2) is 22.4 Å². The number of ether oxygens (including phenoxy) is 2. The number of benzene rings is 2. The van der Waals surface area contributed by atoms with E-state index in [2.05, 4.69) is 10.1 Å². The maximum atomic E-state index is 13.3. The van der Waals surface area contributed by atoms with Crippen LogP contribution < -0.4 is 15.0 Å². The monoisotopic (exact) mass is 523 g/mol. The summed E-state index contributed by atoms with van der Waals surface area (Å²) in [5.41, 5.74) is 1.59. The molecule has 0 spiro atoms. The standard InChI is InChI=1S/C25H25N5O6S/c1-15-22(24(34)30(28(15)2)17-8-6-5-7-9-17)27-25-29(23(33)20(37-25)13-21(31)32)26-14-16-10-11-18(35-3)19(12-16)36-4/h5-12,14,20H,13H2,1-4H3,(H,31,32)/b26-14-,27-25?/t20-/m1/s1. The number of hydrogen-bond acceptors (Lipinski definition) is 8. The van der Waals surface area contributed by atoms with Crippen molar-refractivity contribution in [3.63, 3.8) is 0 Å². The predicted octanol–water partition coefficient (Wildman–Crippen LogP) is 2.94. The third-order valence-electron chi connectivity index (χ3n) is 5.73. The lowest BCUT2D eigenvalue weighted by Gasteiger charge is -2.10. The fourth-order valence-electron chi connectivity index (χ4n) is 3.76. The molecule has 0 aliphatic carbocycles. The van der Waals surface area contributed by atoms with Gasteiger partial charge in [0.2, 0.25) is 0 Å². The van der Waals surface area contributed by atoms with Crippen molar-refractivity contribution in [2.24, 2.45) is 17.1 Å². The molecule has 11 nitrogen and oxygen atoms in total. The molecule has 0 unspecified atom stereocenters. The van der Waals surface area contributed by atoms with Crippen LogP contribution in [0.1, 0.15) is 17.7 Å². The number of methoxy groups -OCH3 is 2. The molecule has 12 heteroatoms. The van der Waals surface area contributed by atoms with Crippen LogP contribution in [0, 0.1) is 6.92 Å². The molecule has 0 radical (unpaired) electrons. The number of aliphatic carboxylic acids is 1. The van der Waals surface area contributed by atoms with Gasteiger partial charge in [0, 0.05) is 7.05 Å². The first-order valence-electron chi connectivity index (χ1n) is 11.2. The van der Waals surface area contributed by atoms with Crippen molar-refractivity contribution in [3.8, 4) is 17.2 Å². The molecule has 2 aromatic carbocycles. The Kier molecular flexibility index (Phi) is 7.48. The smallest absolute Gasteiger partial charge is 0.305 e. The van der Waals surface area contributed by atoms with E-state index in [0.29, 0.717) is 28.4 Å². The summed E-state index contributed by atoms with van der Waals surface area (Å²) in [7, 11) is 4.76. The fourth-order valence-corrected chi connectivity index (χ4v) is 4.82. The minimum absolute atomic E-state index is 0.110. The van der Waals surface area contributed by atoms with Crippen LogP contribution in [0.3, 0.4) is 0 Å². The Hall–Kier alpha value is -4.32. The Labute approximate surface area is 216 Å². The number of carbonyl (C=O) groups is 2. The molecule has 2 heterocycles. The number of nitrogens with zero attached hydrogens (tertiary/aromatic N) is 5. The molecule has 1 aliphatic rings. The number of carboxylic acids is 1. The maximum Gasteiger partial charge on any atom is 0.305 e. The third-order valence-corrected chi connectivity index (χ3v) is 6.86. The van der Waals surface area contributed by atoms with Crippen molar-refractivity contribution in [3.05, 3.63) is 70.1 Å². The van der Waals surface area contributed by atoms with E-state index < -0.39 is 23.5 Å². The summed E-state index contributed by atoms with van der Waals surface area (Å²) >= 11 is 0.957. The number of carbonyl (C=O) groups excluding carboxylic acids is 1. The largest absolute Gasteiger partial charge is 0.493 e. The first kappa shape index (κ1) is 25.8. The van der Waals surface area contributed by atoms with Crippen molar-refractivity contribution in [1.82, 2.24) is 14.4 Å². The molecule has 37 heavy (non-hydrogen) atoms. The number of hydrazone groups is 1. The maximum absolute atomic E-state index is 13.3. The highest BCUT2D eigenvalue weighted by atomic mass is 32.2. The molecule has 1 N–H and O–H groups in total. The van der Waals surface area contributed by atoms with Gasteiger partial charge in [-0.1, -0.05) is 30.0 Å². The van der Waals surface area contributed by atoms with Crippen LogP contribution in [0.4, 0.5) is 5.69 Å². The second-order valence-electron chi connectivity index (χ2n) is 8.02. The van der Waals surface area contributed by atoms with E-state index in [9.17, 15) is 19.5 Å². The molecule has 3 aromatic rings. The molecule has 0 bridgehead atoms. The second-order valence-corrected chi connectivity index (χ2v) is 9.19. The lowest BCUT2D eigenvalue weighted by Crippen LogP contribution is -2.28. The Morgan fingerprint density at radius 3 is 2.46 bits per heavy atom. The number of carboxylic acid groups (broad SMARTS) is 1. The van der Waals surface area contributed by atoms with Crippen molar-refractivity contribution < 1.29 is 24.2 Å². The highest BCUT2D eigenvalue weighted by Crippen LogP contribution is 2.32. The summed E-state index contributed by atoms with van der Waals surface area (Å²) in [5.74, 6) is -0.656. The van der Waals surface area contributed by atoms with Gasteiger partial charge < -0.3 is 14.6 Å². The van der Waals surface area contributed by atoms with Gasteiger partial charge in [-0.25, -0.2) is 9.67 Å². The highest BCUT2D eigenvalue weighted by Gasteiger charge is 2.40. The van der Waals surface area contributed by atoms with E-state index in [0.717, 1.165) is 16.8 Å². The quantitative estimate of drug-likeness (QED) is 0.450. The molecular weight excluding hydrogens is 498 g/mol. The number of amidine groups is 1. The van der Waals surface area contributed by atoms with Gasteiger partial charge >= 0.3 is 5.97 Å². The summed E-state index contributed by atoms with van der Waals surface area (Å²) in [4.78, 5) is 42.2. The van der Waals surface area contributed by atoms with Gasteiger partial charge in [-0.15, -0.1) is 0 Å². The zero-order valence-corrected chi connectivity index (χ0v) is 21.4. The fraction of sp³-hybridized carbons (Fsp3) is 0.240. The molecule has 1 fully saturated rings. The van der Waals surface area contributed by atoms with E-state index >= 15 is 0 Å². The summed E-state index contributed by atoms with van der Waals surface area (Å²) < 4.78 is 13.7. The number of thioether (sulfide) groups is 1. The number of hydrogen-bond donors (Lipinski definition) is 1. The van der Waals surface area contributed by atoms with Crippen LogP contribution in [0.5, 0.6) is 11.5 Å². The van der Waals surface area contributed by atoms with Crippen molar-refractivity contribution in [2.45, 2.75) is 18.6 Å². The van der Waals surface area contributed by atoms with E-state index in [4.69, 9.17) is 9.47 Å². The molecule has 1 aromatic heterocycles. The Bertz CT molecular complexity index is 1460. The van der Waals surface area contributed by atoms with E-state index in [1.165, 1.54) is 25.1 Å². The van der Waals surface area contributed by atoms with Gasteiger partial charge in [0.25, 0.3) is 11.5 Å². The Balaban J connectivity index is 1.76. The number of para-hydroxylation sites is 1. The molecule has 192 valence electrons. The SMILES string of the molecule is COc1ccc(/C=N\N2C(=O)[C@@H](CC(=O)O)SC2=Nc2c(C)n(C)n(-c3ccccc3)c2=O)cc1OC. The van der Waals surface area contributed by atoms with Gasteiger partial charge in [-0.05, 0) is 42.8 Å². The number of amides is 1. The van der Waals surface area contributed by atoms with Crippen LogP contribution >= 0.6 is 11.8 Å². The molecule has 1 amide bonds. The van der Waals surface area contributed by atoms with Gasteiger partial charge in [-0.3, -0.25) is 19.1 Å². The van der Waals surface area contributed by atoms with Crippen LogP contribution in [0.2, 0.25) is 0 Å². The van der Waals surface area contributed by atoms with Crippen molar-refractivity contribution in [1.29, 1.82) is 0 Å². The molecule has 0 saturated carbocycles. The van der Waals surface area contributed by atoms with E-state index in [1.807, 2.05) is 18.2 Å². The van der Waals surface area contributed by atoms with Crippen LogP contribution in [-0.2, 0) is 16.6 Å². The molecule has 1 aliphatic heterocycles. The molecule has 1 atom stereocenters. The summed E-state index contributed by atoms with van der Waals surface area (Å²) in [6.45, 7) is 1.74. The lowest BCUT2D eigenvalue weighted by atomic mass is 10.2. The van der Waals surface area contributed by atoms with Crippen molar-refractivity contribution in [2.75, 3.05) is 14.2 Å². The molecular formula is C25H25N5O6S. The zero-order valence-electron chi connectivity index (χ0n) is 20.6. The number of aliphatic imine (C=N–C) groups is 1. The second kappa shape index (κ2) is 10.7. The van der Waals surface area contributed by atoms with Crippen LogP contribution in [0.25, 0.3) is 5.69 Å². The average molecular weight is 524 g/mol. The minimum atomic E-state index is -1.13. The Morgan fingerprint density at radius 1 is 1.11 bits per heavy atom. The van der Waals surface area contributed by atoms with Crippen molar-refractivity contribution >= 4 is 40.7 Å². The number of aromatic nitrogens is 2.